The van der Waals surface area contributed by atoms with Gasteiger partial charge in [-0.3, -0.25) is 0 Å². The van der Waals surface area contributed by atoms with Crippen molar-refractivity contribution in [1.29, 1.82) is 0 Å². The molecule has 9 nitrogen and oxygen atoms in total. The van der Waals surface area contributed by atoms with Gasteiger partial charge in [0.25, 0.3) is 11.8 Å². The minimum atomic E-state index is 0.320. The van der Waals surface area contributed by atoms with Gasteiger partial charge in [0.15, 0.2) is 0 Å². The van der Waals surface area contributed by atoms with Gasteiger partial charge in [-0.1, -0.05) is 35.5 Å². The molecule has 1 fully saturated rings. The molecule has 2 aromatic carbocycles. The van der Waals surface area contributed by atoms with Crippen LogP contribution >= 0.6 is 0 Å². The highest BCUT2D eigenvalue weighted by molar-refractivity contribution is 5.84. The number of morpholine rings is 1. The molecule has 3 heterocycles. The van der Waals surface area contributed by atoms with E-state index in [-0.39, 0.29) is 0 Å². The lowest BCUT2D eigenvalue weighted by Gasteiger charge is -2.29. The van der Waals surface area contributed by atoms with Gasteiger partial charge in [-0.05, 0) is 19.1 Å². The zero-order valence-electron chi connectivity index (χ0n) is 18.6. The molecule has 0 atom stereocenters. The Bertz CT molecular complexity index is 1210. The molecule has 1 aliphatic rings. The molecule has 9 heteroatoms. The van der Waals surface area contributed by atoms with Crippen molar-refractivity contribution in [1.82, 2.24) is 15.4 Å². The second-order valence-electron chi connectivity index (χ2n) is 7.53. The summed E-state index contributed by atoms with van der Waals surface area (Å²) in [5, 5.41) is 16.1. The molecular weight excluding hydrogens is 422 g/mol. The van der Waals surface area contributed by atoms with Crippen molar-refractivity contribution in [3.8, 4) is 39.9 Å². The molecule has 33 heavy (non-hydrogen) atoms. The largest absolute Gasteiger partial charge is 0.496 e. The van der Waals surface area contributed by atoms with Gasteiger partial charge in [-0.15, -0.1) is 10.2 Å². The molecular formula is C24H25N5O4. The number of rotatable bonds is 7. The van der Waals surface area contributed by atoms with Gasteiger partial charge >= 0.3 is 0 Å². The van der Waals surface area contributed by atoms with Crippen molar-refractivity contribution in [3.63, 3.8) is 0 Å². The van der Waals surface area contributed by atoms with E-state index in [1.807, 2.05) is 55.5 Å². The summed E-state index contributed by atoms with van der Waals surface area (Å²) >= 11 is 0. The Morgan fingerprint density at radius 1 is 1.03 bits per heavy atom. The van der Waals surface area contributed by atoms with Gasteiger partial charge in [0.2, 0.25) is 5.88 Å². The van der Waals surface area contributed by atoms with Crippen molar-refractivity contribution in [2.45, 2.75) is 6.92 Å². The molecule has 170 valence electrons. The molecule has 0 unspecified atom stereocenters. The van der Waals surface area contributed by atoms with Gasteiger partial charge in [0, 0.05) is 37.0 Å². The fourth-order valence-corrected chi connectivity index (χ4v) is 3.87. The summed E-state index contributed by atoms with van der Waals surface area (Å²) in [6.07, 6.45) is 0. The van der Waals surface area contributed by atoms with Gasteiger partial charge in [0.05, 0.1) is 25.9 Å². The van der Waals surface area contributed by atoms with E-state index in [4.69, 9.17) is 18.4 Å². The fraction of sp³-hybridized carbons (Fsp3) is 0.292. The van der Waals surface area contributed by atoms with Crippen LogP contribution in [-0.2, 0) is 4.74 Å². The average Bonchev–Trinajstić information content (AvgIpc) is 3.52. The lowest BCUT2D eigenvalue weighted by atomic mass is 10.1. The first-order valence-electron chi connectivity index (χ1n) is 10.9. The number of methoxy groups -OCH3 is 1. The van der Waals surface area contributed by atoms with Crippen molar-refractivity contribution in [3.05, 3.63) is 48.5 Å². The minimum Gasteiger partial charge on any atom is -0.496 e. The first-order chi connectivity index (χ1) is 16.3. The molecule has 0 radical (unpaired) electrons. The summed E-state index contributed by atoms with van der Waals surface area (Å²) in [4.78, 5) is 2.26. The van der Waals surface area contributed by atoms with Crippen molar-refractivity contribution >= 4 is 11.6 Å². The predicted molar refractivity (Wildman–Crippen MR) is 124 cm³/mol. The maximum absolute atomic E-state index is 6.12. The SMILES string of the molecule is CCNc1onc(-c2ccccc2)c1-c1nnc(-c2ccc(N3CCOCC3)cc2OC)o1. The van der Waals surface area contributed by atoms with Crippen LogP contribution < -0.4 is 15.0 Å². The number of hydrogen-bond acceptors (Lipinski definition) is 9. The molecule has 1 aliphatic heterocycles. The van der Waals surface area contributed by atoms with E-state index in [9.17, 15) is 0 Å². The smallest absolute Gasteiger partial charge is 0.256 e. The molecule has 0 saturated carbocycles. The molecule has 1 N–H and O–H groups in total. The Morgan fingerprint density at radius 2 is 1.82 bits per heavy atom. The highest BCUT2D eigenvalue weighted by atomic mass is 16.5. The van der Waals surface area contributed by atoms with E-state index in [1.165, 1.54) is 0 Å². The topological polar surface area (TPSA) is 98.7 Å². The first-order valence-corrected chi connectivity index (χ1v) is 10.9. The van der Waals surface area contributed by atoms with E-state index in [0.717, 1.165) is 29.9 Å². The number of nitrogens with zero attached hydrogens (tertiary/aromatic N) is 4. The third kappa shape index (κ3) is 4.14. The third-order valence-electron chi connectivity index (χ3n) is 5.51. The van der Waals surface area contributed by atoms with Gasteiger partial charge in [-0.2, -0.15) is 0 Å². The molecule has 0 aliphatic carbocycles. The van der Waals surface area contributed by atoms with E-state index in [2.05, 4.69) is 25.6 Å². The van der Waals surface area contributed by atoms with Crippen LogP contribution in [0.5, 0.6) is 5.75 Å². The van der Waals surface area contributed by atoms with Crippen LogP contribution in [0.1, 0.15) is 6.92 Å². The maximum Gasteiger partial charge on any atom is 0.256 e. The molecule has 1 saturated heterocycles. The molecule has 0 spiro atoms. The van der Waals surface area contributed by atoms with Crippen LogP contribution in [0.4, 0.5) is 11.6 Å². The lowest BCUT2D eigenvalue weighted by molar-refractivity contribution is 0.122. The fourth-order valence-electron chi connectivity index (χ4n) is 3.87. The summed E-state index contributed by atoms with van der Waals surface area (Å²) in [5.41, 5.74) is 3.95. The summed E-state index contributed by atoms with van der Waals surface area (Å²) in [6, 6.07) is 15.7. The van der Waals surface area contributed by atoms with Crippen LogP contribution in [0.3, 0.4) is 0 Å². The Hall–Kier alpha value is -3.85. The Labute approximate surface area is 191 Å². The highest BCUT2D eigenvalue weighted by Gasteiger charge is 2.25. The van der Waals surface area contributed by atoms with Gasteiger partial charge in [-0.25, -0.2) is 0 Å². The number of aromatic nitrogens is 3. The van der Waals surface area contributed by atoms with Crippen molar-refractivity contribution in [2.24, 2.45) is 0 Å². The van der Waals surface area contributed by atoms with Crippen LogP contribution in [0.2, 0.25) is 0 Å². The number of anilines is 2. The second kappa shape index (κ2) is 9.33. The van der Waals surface area contributed by atoms with Crippen LogP contribution in [0.15, 0.2) is 57.5 Å². The lowest BCUT2D eigenvalue weighted by Crippen LogP contribution is -2.36. The van der Waals surface area contributed by atoms with Crippen LogP contribution in [0, 0.1) is 0 Å². The number of hydrogen-bond donors (Lipinski definition) is 1. The summed E-state index contributed by atoms with van der Waals surface area (Å²) in [5.74, 6) is 1.83. The Morgan fingerprint density at radius 3 is 2.58 bits per heavy atom. The summed E-state index contributed by atoms with van der Waals surface area (Å²) < 4.78 is 22.8. The van der Waals surface area contributed by atoms with E-state index in [1.54, 1.807) is 7.11 Å². The van der Waals surface area contributed by atoms with Crippen LogP contribution in [0.25, 0.3) is 34.2 Å². The molecule has 4 aromatic rings. The highest BCUT2D eigenvalue weighted by Crippen LogP contribution is 2.39. The van der Waals surface area contributed by atoms with E-state index >= 15 is 0 Å². The summed E-state index contributed by atoms with van der Waals surface area (Å²) in [6.45, 7) is 5.76. The van der Waals surface area contributed by atoms with E-state index < -0.39 is 0 Å². The van der Waals surface area contributed by atoms with Gasteiger partial charge in [0.1, 0.15) is 17.0 Å². The molecule has 0 bridgehead atoms. The summed E-state index contributed by atoms with van der Waals surface area (Å²) in [7, 11) is 1.63. The van der Waals surface area contributed by atoms with Crippen LogP contribution in [-0.4, -0.2) is 55.3 Å². The third-order valence-corrected chi connectivity index (χ3v) is 5.51. The number of ether oxygens (including phenoxy) is 2. The zero-order chi connectivity index (χ0) is 22.6. The Kier molecular flexibility index (Phi) is 5.95. The standard InChI is InChI=1S/C24H25N5O4/c1-3-25-23-20(21(28-33-23)16-7-5-4-6-8-16)24-27-26-22(32-24)18-10-9-17(15-19(18)30-2)29-11-13-31-14-12-29/h4-10,15,25H,3,11-14H2,1-2H3. The average molecular weight is 447 g/mol. The normalized spacial score (nSPS) is 13.8. The minimum absolute atomic E-state index is 0.320. The monoisotopic (exact) mass is 447 g/mol. The molecule has 0 amide bonds. The number of benzene rings is 2. The Balaban J connectivity index is 1.52. The maximum atomic E-state index is 6.12. The zero-order valence-corrected chi connectivity index (χ0v) is 18.6. The molecule has 2 aromatic heterocycles. The van der Waals surface area contributed by atoms with Crippen molar-refractivity contribution in [2.75, 3.05) is 50.2 Å². The van der Waals surface area contributed by atoms with Gasteiger partial charge < -0.3 is 28.6 Å². The second-order valence-corrected chi connectivity index (χ2v) is 7.53. The van der Waals surface area contributed by atoms with Crippen molar-refractivity contribution < 1.29 is 18.4 Å². The first kappa shape index (κ1) is 21.0. The molecule has 5 rings (SSSR count). The predicted octanol–water partition coefficient (Wildman–Crippen LogP) is 4.34. The van der Waals surface area contributed by atoms with E-state index in [0.29, 0.717) is 54.4 Å². The number of nitrogens with one attached hydrogen (secondary N) is 1. The quantitative estimate of drug-likeness (QED) is 0.444.